The van der Waals surface area contributed by atoms with Crippen LogP contribution >= 0.6 is 0 Å². The quantitative estimate of drug-likeness (QED) is 0.157. The number of pyridine rings is 2. The number of hydrogen-bond acceptors (Lipinski definition) is 7. The Labute approximate surface area is 217 Å². The second kappa shape index (κ2) is 10.6. The molecule has 0 unspecified atom stereocenters. The summed E-state index contributed by atoms with van der Waals surface area (Å²) in [6.45, 7) is 3.02. The molecule has 0 fully saturated rings. The number of carbonyl (C=O) groups excluding carboxylic acids is 1. The fraction of sp³-hybridized carbons (Fsp3) is 0.143. The number of nitrogens with zero attached hydrogens (tertiary/aromatic N) is 2. The van der Waals surface area contributed by atoms with Crippen molar-refractivity contribution in [1.29, 1.82) is 5.41 Å². The number of fused-ring (bicyclic) bond motifs is 1. The van der Waals surface area contributed by atoms with E-state index >= 15 is 0 Å². The summed E-state index contributed by atoms with van der Waals surface area (Å²) >= 11 is 0. The minimum absolute atomic E-state index is 0.0406. The van der Waals surface area contributed by atoms with Gasteiger partial charge >= 0.3 is 0 Å². The Morgan fingerprint density at radius 2 is 1.87 bits per heavy atom. The minimum atomic E-state index is -0.925. The van der Waals surface area contributed by atoms with Gasteiger partial charge in [0.05, 0.1) is 30.6 Å². The molecule has 4 rings (SSSR count). The number of phenolic OH excluding ortho intramolecular Hbond substituents is 1. The zero-order chi connectivity index (χ0) is 27.6. The van der Waals surface area contributed by atoms with Gasteiger partial charge < -0.3 is 30.2 Å². The van der Waals surface area contributed by atoms with Crippen LogP contribution < -0.4 is 15.6 Å². The molecular formula is C28H25FN4O5. The molecular weight excluding hydrogens is 491 g/mol. The molecule has 1 amide bonds. The van der Waals surface area contributed by atoms with Crippen LogP contribution in [0, 0.1) is 11.2 Å². The number of aromatic hydroxyl groups is 1. The van der Waals surface area contributed by atoms with Crippen molar-refractivity contribution in [2.24, 2.45) is 0 Å². The molecule has 0 aliphatic heterocycles. The van der Waals surface area contributed by atoms with Gasteiger partial charge in [0.2, 0.25) is 0 Å². The Kier molecular flexibility index (Phi) is 7.24. The van der Waals surface area contributed by atoms with Crippen LogP contribution in [0.2, 0.25) is 0 Å². The molecule has 2 aromatic heterocycles. The van der Waals surface area contributed by atoms with Crippen LogP contribution in [0.15, 0.2) is 71.3 Å². The summed E-state index contributed by atoms with van der Waals surface area (Å²) in [4.78, 5) is 31.1. The number of methoxy groups -OCH3 is 1. The van der Waals surface area contributed by atoms with E-state index in [4.69, 9.17) is 10.1 Å². The highest BCUT2D eigenvalue weighted by Crippen LogP contribution is 2.33. The molecule has 0 aliphatic carbocycles. The molecule has 0 bridgehead atoms. The molecule has 10 heteroatoms. The summed E-state index contributed by atoms with van der Waals surface area (Å²) in [7, 11) is 1.44. The molecule has 194 valence electrons. The normalized spacial score (nSPS) is 11.7. The number of anilines is 1. The molecule has 0 saturated heterocycles. The molecule has 9 nitrogen and oxygen atoms in total. The van der Waals surface area contributed by atoms with E-state index in [0.717, 1.165) is 12.1 Å². The van der Waals surface area contributed by atoms with Crippen LogP contribution in [0.4, 0.5) is 10.1 Å². The fourth-order valence-electron chi connectivity index (χ4n) is 4.20. The van der Waals surface area contributed by atoms with Crippen molar-refractivity contribution in [3.05, 3.63) is 99.5 Å². The molecule has 0 atom stereocenters. The first-order valence-corrected chi connectivity index (χ1v) is 11.5. The predicted molar refractivity (Wildman–Crippen MR) is 143 cm³/mol. The van der Waals surface area contributed by atoms with Crippen molar-refractivity contribution in [3.63, 3.8) is 0 Å². The smallest absolute Gasteiger partial charge is 0.264 e. The lowest BCUT2D eigenvalue weighted by Gasteiger charge is -2.18. The number of halogens is 1. The van der Waals surface area contributed by atoms with Crippen LogP contribution in [0.3, 0.4) is 0 Å². The van der Waals surface area contributed by atoms with Gasteiger partial charge in [-0.1, -0.05) is 6.07 Å². The van der Waals surface area contributed by atoms with Crippen LogP contribution in [0.5, 0.6) is 11.5 Å². The monoisotopic (exact) mass is 516 g/mol. The van der Waals surface area contributed by atoms with E-state index in [-0.39, 0.29) is 34.8 Å². The van der Waals surface area contributed by atoms with Gasteiger partial charge in [-0.3, -0.25) is 14.6 Å². The standard InChI is InChI=1S/C28H25FN4O5/c1-15(30)26(16(2)34)20-10-17-11-21(27(36)32-18-7-8-24(35)22(29)12-18)28(37)33(23(17)13-25(20)38-3)14-19-6-4-5-9-31-19/h4-13,30,34-35H,14H2,1-3H3,(H,32,36)/b26-16+,30-15?. The van der Waals surface area contributed by atoms with Crippen molar-refractivity contribution in [1.82, 2.24) is 9.55 Å². The van der Waals surface area contributed by atoms with Gasteiger partial charge in [-0.2, -0.15) is 0 Å². The van der Waals surface area contributed by atoms with Gasteiger partial charge in [0, 0.05) is 46.3 Å². The number of nitrogens with one attached hydrogen (secondary N) is 2. The molecule has 4 aromatic rings. The molecule has 0 aliphatic rings. The third kappa shape index (κ3) is 5.10. The molecule has 0 radical (unpaired) electrons. The minimum Gasteiger partial charge on any atom is -0.512 e. The number of ether oxygens (including phenoxy) is 1. The average Bonchev–Trinajstić information content (AvgIpc) is 2.87. The van der Waals surface area contributed by atoms with Gasteiger partial charge in [0.25, 0.3) is 11.5 Å². The van der Waals surface area contributed by atoms with Crippen LogP contribution in [-0.4, -0.2) is 38.5 Å². The van der Waals surface area contributed by atoms with Crippen molar-refractivity contribution in [3.8, 4) is 11.5 Å². The number of carbonyl (C=O) groups is 1. The number of phenols is 1. The highest BCUT2D eigenvalue weighted by Gasteiger charge is 2.21. The molecule has 38 heavy (non-hydrogen) atoms. The Morgan fingerprint density at radius 3 is 2.47 bits per heavy atom. The Morgan fingerprint density at radius 1 is 1.13 bits per heavy atom. The zero-order valence-corrected chi connectivity index (χ0v) is 20.9. The number of aliphatic hydroxyl groups is 1. The molecule has 0 saturated carbocycles. The van der Waals surface area contributed by atoms with Gasteiger partial charge in [-0.05, 0) is 50.2 Å². The molecule has 0 spiro atoms. The van der Waals surface area contributed by atoms with E-state index in [1.165, 1.54) is 37.7 Å². The van der Waals surface area contributed by atoms with Crippen LogP contribution in [0.1, 0.15) is 35.5 Å². The summed E-state index contributed by atoms with van der Waals surface area (Å²) in [6.07, 6.45) is 1.59. The number of hydrogen-bond donors (Lipinski definition) is 4. The van der Waals surface area contributed by atoms with E-state index < -0.39 is 23.0 Å². The van der Waals surface area contributed by atoms with E-state index in [1.54, 1.807) is 36.5 Å². The third-order valence-electron chi connectivity index (χ3n) is 5.92. The second-order valence-electron chi connectivity index (χ2n) is 8.59. The zero-order valence-electron chi connectivity index (χ0n) is 20.9. The topological polar surface area (TPSA) is 138 Å². The summed E-state index contributed by atoms with van der Waals surface area (Å²) in [5, 5.41) is 30.8. The van der Waals surface area contributed by atoms with E-state index in [0.29, 0.717) is 27.9 Å². The van der Waals surface area contributed by atoms with E-state index in [1.807, 2.05) is 0 Å². The Hall–Kier alpha value is -4.99. The Balaban J connectivity index is 1.96. The molecule has 2 heterocycles. The maximum absolute atomic E-state index is 13.8. The maximum Gasteiger partial charge on any atom is 0.264 e. The van der Waals surface area contributed by atoms with Gasteiger partial charge in [-0.15, -0.1) is 0 Å². The lowest BCUT2D eigenvalue weighted by molar-refractivity contribution is 0.102. The average molecular weight is 517 g/mol. The van der Waals surface area contributed by atoms with Crippen molar-refractivity contribution < 1.29 is 24.1 Å². The van der Waals surface area contributed by atoms with E-state index in [9.17, 15) is 24.2 Å². The highest BCUT2D eigenvalue weighted by molar-refractivity contribution is 6.23. The first-order chi connectivity index (χ1) is 18.1. The molecule has 4 N–H and O–H groups in total. The predicted octanol–water partition coefficient (Wildman–Crippen LogP) is 4.88. The largest absolute Gasteiger partial charge is 0.512 e. The van der Waals surface area contributed by atoms with Gasteiger partial charge in [0.1, 0.15) is 11.3 Å². The summed E-state index contributed by atoms with van der Waals surface area (Å²) in [6, 6.07) is 13.2. The van der Waals surface area contributed by atoms with Crippen LogP contribution in [-0.2, 0) is 6.54 Å². The van der Waals surface area contributed by atoms with Crippen LogP contribution in [0.25, 0.3) is 16.5 Å². The number of aromatic nitrogens is 2. The van der Waals surface area contributed by atoms with Gasteiger partial charge in [-0.25, -0.2) is 4.39 Å². The fourth-order valence-corrected chi connectivity index (χ4v) is 4.20. The SMILES string of the molecule is COc1cc2c(cc1/C(C(C)=N)=C(\C)O)cc(C(=O)Nc1ccc(O)c(F)c1)c(=O)n2Cc1ccccn1. The summed E-state index contributed by atoms with van der Waals surface area (Å²) in [5.41, 5.74) is 0.960. The van der Waals surface area contributed by atoms with Crippen molar-refractivity contribution in [2.75, 3.05) is 12.4 Å². The number of rotatable bonds is 7. The first-order valence-electron chi connectivity index (χ1n) is 11.5. The highest BCUT2D eigenvalue weighted by atomic mass is 19.1. The Bertz CT molecular complexity index is 1660. The second-order valence-corrected chi connectivity index (χ2v) is 8.59. The summed E-state index contributed by atoms with van der Waals surface area (Å²) < 4.78 is 20.7. The van der Waals surface area contributed by atoms with Crippen molar-refractivity contribution >= 4 is 33.8 Å². The van der Waals surface area contributed by atoms with Crippen molar-refractivity contribution in [2.45, 2.75) is 20.4 Å². The lowest BCUT2D eigenvalue weighted by atomic mass is 9.97. The third-order valence-corrected chi connectivity index (χ3v) is 5.92. The van der Waals surface area contributed by atoms with Gasteiger partial charge in [0.15, 0.2) is 11.6 Å². The number of benzene rings is 2. The number of amides is 1. The molecule has 2 aromatic carbocycles. The lowest BCUT2D eigenvalue weighted by Crippen LogP contribution is -2.30. The number of aliphatic hydroxyl groups excluding tert-OH is 1. The number of allylic oxidation sites excluding steroid dienone is 2. The van der Waals surface area contributed by atoms with E-state index in [2.05, 4.69) is 10.3 Å². The maximum atomic E-state index is 13.8. The first kappa shape index (κ1) is 26.1. The summed E-state index contributed by atoms with van der Waals surface area (Å²) in [5.74, 6) is -2.06.